The summed E-state index contributed by atoms with van der Waals surface area (Å²) in [6, 6.07) is 0. The van der Waals surface area contributed by atoms with Gasteiger partial charge in [0.2, 0.25) is 0 Å². The van der Waals surface area contributed by atoms with E-state index < -0.39 is 5.97 Å². The molecular formula is C9H13IO2. The number of carbonyl (C=O) groups is 1. The Kier molecular flexibility index (Phi) is 2.31. The maximum absolute atomic E-state index is 10.8. The second-order valence-corrected chi connectivity index (χ2v) is 5.42. The van der Waals surface area contributed by atoms with Gasteiger partial charge in [-0.3, -0.25) is 4.79 Å². The molecule has 2 rings (SSSR count). The molecule has 68 valence electrons. The highest BCUT2D eigenvalue weighted by molar-refractivity contribution is 14.1. The molecule has 0 aromatic carbocycles. The van der Waals surface area contributed by atoms with Gasteiger partial charge < -0.3 is 5.11 Å². The molecule has 2 nitrogen and oxygen atoms in total. The smallest absolute Gasteiger partial charge is 0.316 e. The van der Waals surface area contributed by atoms with Crippen molar-refractivity contribution < 1.29 is 9.90 Å². The minimum absolute atomic E-state index is 0.141. The van der Waals surface area contributed by atoms with E-state index in [2.05, 4.69) is 22.6 Å². The molecule has 0 aliphatic heterocycles. The molecule has 2 aliphatic carbocycles. The number of halogens is 1. The van der Waals surface area contributed by atoms with Crippen molar-refractivity contribution in [3.8, 4) is 0 Å². The summed E-state index contributed by atoms with van der Waals surface area (Å²) in [5.41, 5.74) is 0. The Morgan fingerprint density at radius 3 is 2.58 bits per heavy atom. The van der Waals surface area contributed by atoms with Crippen molar-refractivity contribution >= 4 is 28.6 Å². The first-order valence-electron chi connectivity index (χ1n) is 4.55. The Balaban J connectivity index is 2.02. The van der Waals surface area contributed by atoms with E-state index in [4.69, 9.17) is 5.11 Å². The molecule has 0 spiro atoms. The Morgan fingerprint density at radius 1 is 1.42 bits per heavy atom. The van der Waals surface area contributed by atoms with E-state index in [1.807, 2.05) is 0 Å². The molecule has 0 amide bonds. The third kappa shape index (κ3) is 1.36. The van der Waals surface area contributed by atoms with Gasteiger partial charge in [-0.1, -0.05) is 29.0 Å². The Labute approximate surface area is 85.9 Å². The van der Waals surface area contributed by atoms with E-state index in [1.165, 1.54) is 25.7 Å². The van der Waals surface area contributed by atoms with Gasteiger partial charge in [-0.2, -0.15) is 0 Å². The van der Waals surface area contributed by atoms with E-state index >= 15 is 0 Å². The van der Waals surface area contributed by atoms with E-state index in [0.29, 0.717) is 5.92 Å². The zero-order chi connectivity index (χ0) is 8.72. The summed E-state index contributed by atoms with van der Waals surface area (Å²) in [6.45, 7) is 0. The van der Waals surface area contributed by atoms with Gasteiger partial charge in [0, 0.05) is 0 Å². The number of hydrogen-bond acceptors (Lipinski definition) is 1. The van der Waals surface area contributed by atoms with Crippen molar-refractivity contribution in [2.45, 2.75) is 29.6 Å². The lowest BCUT2D eigenvalue weighted by Gasteiger charge is -2.23. The zero-order valence-corrected chi connectivity index (χ0v) is 9.03. The van der Waals surface area contributed by atoms with Crippen LogP contribution in [0.1, 0.15) is 25.7 Å². The maximum Gasteiger partial charge on any atom is 0.316 e. The minimum atomic E-state index is -0.617. The van der Waals surface area contributed by atoms with Crippen LogP contribution in [-0.2, 0) is 4.79 Å². The topological polar surface area (TPSA) is 37.3 Å². The highest BCUT2D eigenvalue weighted by Gasteiger charge is 2.44. The highest BCUT2D eigenvalue weighted by atomic mass is 127. The fraction of sp³-hybridized carbons (Fsp3) is 0.889. The number of hydrogen-bond donors (Lipinski definition) is 1. The molecule has 2 saturated carbocycles. The first-order chi connectivity index (χ1) is 5.68. The van der Waals surface area contributed by atoms with E-state index in [1.54, 1.807) is 0 Å². The molecule has 1 N–H and O–H groups in total. The van der Waals surface area contributed by atoms with Crippen molar-refractivity contribution in [3.63, 3.8) is 0 Å². The molecule has 0 radical (unpaired) electrons. The normalized spacial score (nSPS) is 41.6. The van der Waals surface area contributed by atoms with Crippen LogP contribution in [0.4, 0.5) is 0 Å². The lowest BCUT2D eigenvalue weighted by atomic mass is 9.86. The quantitative estimate of drug-likeness (QED) is 0.622. The van der Waals surface area contributed by atoms with Gasteiger partial charge in [-0.25, -0.2) is 0 Å². The van der Waals surface area contributed by atoms with E-state index in [-0.39, 0.29) is 3.92 Å². The standard InChI is InChI=1S/C9H13IO2/c10-8(9(11)12)7-4-5-1-2-6(7)3-5/h5-8H,1-4H2,(H,11,12). The molecule has 2 aliphatic rings. The number of carboxylic acid groups (broad SMARTS) is 1. The van der Waals surface area contributed by atoms with Gasteiger partial charge in [-0.05, 0) is 37.0 Å². The van der Waals surface area contributed by atoms with Crippen molar-refractivity contribution in [2.75, 3.05) is 0 Å². The number of carboxylic acids is 1. The van der Waals surface area contributed by atoms with Crippen LogP contribution in [0.2, 0.25) is 0 Å². The summed E-state index contributed by atoms with van der Waals surface area (Å²) < 4.78 is -0.141. The Morgan fingerprint density at radius 2 is 2.17 bits per heavy atom. The molecule has 4 unspecified atom stereocenters. The molecule has 0 aromatic heterocycles. The summed E-state index contributed by atoms with van der Waals surface area (Å²) in [5, 5.41) is 8.86. The molecule has 3 heteroatoms. The van der Waals surface area contributed by atoms with E-state index in [0.717, 1.165) is 11.8 Å². The predicted molar refractivity (Wildman–Crippen MR) is 54.4 cm³/mol. The van der Waals surface area contributed by atoms with Crippen LogP contribution in [0.15, 0.2) is 0 Å². The van der Waals surface area contributed by atoms with Crippen molar-refractivity contribution in [1.82, 2.24) is 0 Å². The Bertz CT molecular complexity index is 205. The number of rotatable bonds is 2. The molecule has 0 saturated heterocycles. The highest BCUT2D eigenvalue weighted by Crippen LogP contribution is 2.50. The fourth-order valence-corrected chi connectivity index (χ4v) is 3.72. The van der Waals surface area contributed by atoms with Crippen LogP contribution in [-0.4, -0.2) is 15.0 Å². The summed E-state index contributed by atoms with van der Waals surface area (Å²) in [7, 11) is 0. The van der Waals surface area contributed by atoms with Crippen molar-refractivity contribution in [2.24, 2.45) is 17.8 Å². The molecule has 2 fully saturated rings. The predicted octanol–water partition coefficient (Wildman–Crippen LogP) is 2.31. The van der Waals surface area contributed by atoms with Crippen molar-refractivity contribution in [3.05, 3.63) is 0 Å². The first-order valence-corrected chi connectivity index (χ1v) is 5.80. The summed E-state index contributed by atoms with van der Waals surface area (Å²) >= 11 is 2.09. The first kappa shape index (κ1) is 8.78. The molecule has 4 atom stereocenters. The molecule has 0 heterocycles. The minimum Gasteiger partial charge on any atom is -0.480 e. The summed E-state index contributed by atoms with van der Waals surface area (Å²) in [4.78, 5) is 10.8. The lowest BCUT2D eigenvalue weighted by molar-refractivity contribution is -0.137. The SMILES string of the molecule is O=C(O)C(I)C1CC2CCC1C2. The third-order valence-electron chi connectivity index (χ3n) is 3.40. The van der Waals surface area contributed by atoms with Gasteiger partial charge in [0.1, 0.15) is 3.92 Å². The zero-order valence-electron chi connectivity index (χ0n) is 6.87. The molecule has 12 heavy (non-hydrogen) atoms. The average Bonchev–Trinajstić information content (AvgIpc) is 2.62. The van der Waals surface area contributed by atoms with Gasteiger partial charge in [-0.15, -0.1) is 0 Å². The largest absolute Gasteiger partial charge is 0.480 e. The van der Waals surface area contributed by atoms with Gasteiger partial charge >= 0.3 is 5.97 Å². The summed E-state index contributed by atoms with van der Waals surface area (Å²) in [5.74, 6) is 1.44. The summed E-state index contributed by atoms with van der Waals surface area (Å²) in [6.07, 6.45) is 5.11. The van der Waals surface area contributed by atoms with Crippen LogP contribution < -0.4 is 0 Å². The molecule has 2 bridgehead atoms. The monoisotopic (exact) mass is 280 g/mol. The van der Waals surface area contributed by atoms with Crippen molar-refractivity contribution in [1.29, 1.82) is 0 Å². The van der Waals surface area contributed by atoms with Crippen LogP contribution >= 0.6 is 22.6 Å². The second kappa shape index (κ2) is 3.16. The third-order valence-corrected chi connectivity index (χ3v) is 4.86. The van der Waals surface area contributed by atoms with Gasteiger partial charge in [0.15, 0.2) is 0 Å². The average molecular weight is 280 g/mol. The number of aliphatic carboxylic acids is 1. The number of alkyl halides is 1. The van der Waals surface area contributed by atoms with Crippen LogP contribution in [0.5, 0.6) is 0 Å². The number of fused-ring (bicyclic) bond motifs is 2. The van der Waals surface area contributed by atoms with Crippen LogP contribution in [0.25, 0.3) is 0 Å². The molecule has 0 aromatic rings. The van der Waals surface area contributed by atoms with E-state index in [9.17, 15) is 4.79 Å². The van der Waals surface area contributed by atoms with Crippen LogP contribution in [0.3, 0.4) is 0 Å². The van der Waals surface area contributed by atoms with Crippen LogP contribution in [0, 0.1) is 17.8 Å². The lowest BCUT2D eigenvalue weighted by Crippen LogP contribution is -2.27. The fourth-order valence-electron chi connectivity index (χ4n) is 2.84. The second-order valence-electron chi connectivity index (χ2n) is 4.08. The maximum atomic E-state index is 10.8. The van der Waals surface area contributed by atoms with Gasteiger partial charge in [0.25, 0.3) is 0 Å². The molecular weight excluding hydrogens is 267 g/mol. The Hall–Kier alpha value is 0.200. The van der Waals surface area contributed by atoms with Gasteiger partial charge in [0.05, 0.1) is 0 Å².